The average molecular weight is 799 g/mol. The highest BCUT2D eigenvalue weighted by molar-refractivity contribution is 5.77. The molecule has 0 spiro atoms. The van der Waals surface area contributed by atoms with Crippen LogP contribution in [0.1, 0.15) is 129 Å². The van der Waals surface area contributed by atoms with Gasteiger partial charge in [-0.15, -0.1) is 0 Å². The summed E-state index contributed by atoms with van der Waals surface area (Å²) >= 11 is 0. The van der Waals surface area contributed by atoms with Gasteiger partial charge in [-0.3, -0.25) is 18.3 Å². The molecule has 2 saturated heterocycles. The number of aliphatic hydroxyl groups excluding tert-OH is 2. The third-order valence-electron chi connectivity index (χ3n) is 14.5. The Labute approximate surface area is 346 Å². The van der Waals surface area contributed by atoms with Crippen molar-refractivity contribution in [3.05, 3.63) is 69.5 Å². The minimum absolute atomic E-state index is 0.0746. The summed E-state index contributed by atoms with van der Waals surface area (Å²) in [5.74, 6) is 1.84. The fourth-order valence-electron chi connectivity index (χ4n) is 11.5. The topological polar surface area (TPSA) is 101 Å². The van der Waals surface area contributed by atoms with E-state index in [-0.39, 0.29) is 48.5 Å². The summed E-state index contributed by atoms with van der Waals surface area (Å²) in [7, 11) is 0. The fourth-order valence-corrected chi connectivity index (χ4v) is 11.5. The molecule has 2 N–H and O–H groups in total. The van der Waals surface area contributed by atoms with E-state index in [4.69, 9.17) is 0 Å². The lowest BCUT2D eigenvalue weighted by atomic mass is 9.88. The second-order valence-corrected chi connectivity index (χ2v) is 18.3. The number of hydrogen-bond donors (Lipinski definition) is 2. The molecule has 0 radical (unpaired) electrons. The molecule has 2 aliphatic carbocycles. The van der Waals surface area contributed by atoms with Crippen molar-refractivity contribution in [2.75, 3.05) is 52.5 Å². The van der Waals surface area contributed by atoms with Gasteiger partial charge >= 0.3 is 11.4 Å². The molecule has 4 atom stereocenters. The third kappa shape index (κ3) is 9.72. The van der Waals surface area contributed by atoms with Crippen molar-refractivity contribution in [1.29, 1.82) is 0 Å². The minimum Gasteiger partial charge on any atom is -0.396 e. The summed E-state index contributed by atoms with van der Waals surface area (Å²) in [5, 5.41) is 20.4. The van der Waals surface area contributed by atoms with Gasteiger partial charge in [0.15, 0.2) is 0 Å². The van der Waals surface area contributed by atoms with Crippen molar-refractivity contribution in [3.8, 4) is 0 Å². The van der Waals surface area contributed by atoms with Crippen LogP contribution in [0, 0.1) is 23.7 Å². The second kappa shape index (κ2) is 20.9. The van der Waals surface area contributed by atoms with Crippen LogP contribution in [-0.2, 0) is 13.1 Å². The largest absolute Gasteiger partial charge is 0.396 e. The molecule has 0 bridgehead atoms. The first-order valence-corrected chi connectivity index (χ1v) is 23.5. The van der Waals surface area contributed by atoms with Crippen LogP contribution in [0.4, 0.5) is 0 Å². The Kier molecular flexibility index (Phi) is 15.4. The molecule has 2 aliphatic heterocycles. The van der Waals surface area contributed by atoms with E-state index in [1.54, 1.807) is 0 Å². The summed E-state index contributed by atoms with van der Waals surface area (Å²) < 4.78 is 7.69. The average Bonchev–Trinajstić information content (AvgIpc) is 3.68. The van der Waals surface area contributed by atoms with E-state index in [0.29, 0.717) is 13.1 Å². The standard InChI is InChI=1S/2C24H37N3O2/c2*1-2-26-22-12-8-9-13-23(22)27(24(26)29)21-14-15-25(17-20(21)18-28)16-19-10-6-4-3-5-7-11-19/h2*8-9,12-13,19-21,28H,2-7,10-11,14-18H2,1H3/t2*20-,21+/m10/s1. The van der Waals surface area contributed by atoms with Crippen LogP contribution < -0.4 is 11.4 Å². The first-order chi connectivity index (χ1) is 28.4. The van der Waals surface area contributed by atoms with E-state index in [1.165, 1.54) is 89.9 Å². The number of aromatic nitrogens is 4. The molecule has 10 nitrogen and oxygen atoms in total. The zero-order valence-electron chi connectivity index (χ0n) is 35.9. The SMILES string of the molecule is CCn1c(=O)n([C@@H]2CCN(CC3CCCCCCC3)C[C@H]2CO)c2ccccc21.CCn1c(=O)n([C@H]2CCN(CC3CCCCCCC3)C[C@@H]2CO)c2ccccc21. The van der Waals surface area contributed by atoms with E-state index in [9.17, 15) is 19.8 Å². The van der Waals surface area contributed by atoms with Gasteiger partial charge in [0.25, 0.3) is 0 Å². The van der Waals surface area contributed by atoms with Gasteiger partial charge < -0.3 is 20.0 Å². The molecule has 0 unspecified atom stereocenters. The van der Waals surface area contributed by atoms with Crippen LogP contribution >= 0.6 is 0 Å². The van der Waals surface area contributed by atoms with Crippen LogP contribution in [0.3, 0.4) is 0 Å². The molecule has 4 heterocycles. The molecule has 4 fully saturated rings. The summed E-state index contributed by atoms with van der Waals surface area (Å²) in [6.45, 7) is 11.9. The predicted molar refractivity (Wildman–Crippen MR) is 237 cm³/mol. The highest BCUT2D eigenvalue weighted by Gasteiger charge is 2.35. The monoisotopic (exact) mass is 799 g/mol. The normalized spacial score (nSPS) is 25.2. The number of hydrogen-bond acceptors (Lipinski definition) is 6. The Morgan fingerprint density at radius 2 is 0.845 bits per heavy atom. The van der Waals surface area contributed by atoms with E-state index < -0.39 is 0 Å². The van der Waals surface area contributed by atoms with Gasteiger partial charge in [0.1, 0.15) is 0 Å². The Morgan fingerprint density at radius 1 is 0.500 bits per heavy atom. The molecule has 2 aromatic heterocycles. The van der Waals surface area contributed by atoms with Gasteiger partial charge in [0.2, 0.25) is 0 Å². The number of piperidine rings is 2. The molecule has 4 aliphatic rings. The maximum atomic E-state index is 13.2. The van der Waals surface area contributed by atoms with E-state index >= 15 is 0 Å². The molecule has 8 rings (SSSR count). The number of benzene rings is 2. The number of imidazole rings is 2. The number of para-hydroxylation sites is 4. The Bertz CT molecular complexity index is 1840. The summed E-state index contributed by atoms with van der Waals surface area (Å²) in [6, 6.07) is 16.4. The zero-order chi connectivity index (χ0) is 40.4. The molecule has 58 heavy (non-hydrogen) atoms. The zero-order valence-corrected chi connectivity index (χ0v) is 35.9. The van der Waals surface area contributed by atoms with Gasteiger partial charge in [-0.05, 0) is 88.5 Å². The first kappa shape index (κ1) is 42.9. The molecule has 10 heteroatoms. The lowest BCUT2D eigenvalue weighted by Crippen LogP contribution is -2.46. The number of rotatable bonds is 10. The van der Waals surface area contributed by atoms with E-state index in [0.717, 1.165) is 86.0 Å². The number of fused-ring (bicyclic) bond motifs is 2. The van der Waals surface area contributed by atoms with Gasteiger partial charge in [-0.1, -0.05) is 88.5 Å². The first-order valence-electron chi connectivity index (χ1n) is 23.5. The van der Waals surface area contributed by atoms with Crippen LogP contribution in [0.2, 0.25) is 0 Å². The second-order valence-electron chi connectivity index (χ2n) is 18.3. The minimum atomic E-state index is 0.0746. The van der Waals surface area contributed by atoms with Crippen molar-refractivity contribution in [2.45, 2.75) is 142 Å². The molecule has 2 saturated carbocycles. The Balaban J connectivity index is 0.000000177. The smallest absolute Gasteiger partial charge is 0.329 e. The number of aliphatic hydroxyl groups is 2. The van der Waals surface area contributed by atoms with Crippen LogP contribution in [0.5, 0.6) is 0 Å². The summed E-state index contributed by atoms with van der Waals surface area (Å²) in [5.41, 5.74) is 4.19. The van der Waals surface area contributed by atoms with Gasteiger partial charge in [0, 0.05) is 89.5 Å². The molecule has 0 amide bonds. The summed E-state index contributed by atoms with van der Waals surface area (Å²) in [6.07, 6.45) is 21.2. The van der Waals surface area contributed by atoms with Crippen molar-refractivity contribution in [3.63, 3.8) is 0 Å². The number of aryl methyl sites for hydroxylation is 2. The molecule has 320 valence electrons. The quantitative estimate of drug-likeness (QED) is 0.168. The van der Waals surface area contributed by atoms with Gasteiger partial charge in [0.05, 0.1) is 22.1 Å². The van der Waals surface area contributed by atoms with E-state index in [1.807, 2.05) is 68.5 Å². The molecular weight excluding hydrogens is 725 g/mol. The van der Waals surface area contributed by atoms with Crippen molar-refractivity contribution in [1.82, 2.24) is 28.1 Å². The molecular formula is C48H74N6O4. The maximum absolute atomic E-state index is 13.2. The summed E-state index contributed by atoms with van der Waals surface area (Å²) in [4.78, 5) is 31.5. The van der Waals surface area contributed by atoms with E-state index in [2.05, 4.69) is 21.9 Å². The van der Waals surface area contributed by atoms with Crippen LogP contribution in [0.25, 0.3) is 22.1 Å². The Hall–Kier alpha value is -3.18. The number of likely N-dealkylation sites (tertiary alicyclic amines) is 2. The lowest BCUT2D eigenvalue weighted by Gasteiger charge is -2.40. The third-order valence-corrected chi connectivity index (χ3v) is 14.5. The fraction of sp³-hybridized carbons (Fsp3) is 0.708. The number of nitrogens with zero attached hydrogens (tertiary/aromatic N) is 6. The Morgan fingerprint density at radius 3 is 1.19 bits per heavy atom. The lowest BCUT2D eigenvalue weighted by molar-refractivity contribution is 0.0646. The molecule has 4 aromatic rings. The van der Waals surface area contributed by atoms with Crippen molar-refractivity contribution in [2.24, 2.45) is 23.7 Å². The predicted octanol–water partition coefficient (Wildman–Crippen LogP) is 8.08. The van der Waals surface area contributed by atoms with Crippen molar-refractivity contribution < 1.29 is 10.2 Å². The highest BCUT2D eigenvalue weighted by Crippen LogP contribution is 2.34. The maximum Gasteiger partial charge on any atom is 0.329 e. The van der Waals surface area contributed by atoms with Gasteiger partial charge in [-0.25, -0.2) is 9.59 Å². The van der Waals surface area contributed by atoms with Crippen molar-refractivity contribution >= 4 is 22.1 Å². The molecule has 2 aromatic carbocycles. The van der Waals surface area contributed by atoms with Crippen LogP contribution in [0.15, 0.2) is 58.1 Å². The van der Waals surface area contributed by atoms with Crippen LogP contribution in [-0.4, -0.2) is 90.8 Å². The highest BCUT2D eigenvalue weighted by atomic mass is 16.3. The van der Waals surface area contributed by atoms with Gasteiger partial charge in [-0.2, -0.15) is 0 Å².